The van der Waals surface area contributed by atoms with E-state index in [1.807, 2.05) is 0 Å². The van der Waals surface area contributed by atoms with Gasteiger partial charge in [-0.05, 0) is 35.9 Å². The van der Waals surface area contributed by atoms with Gasteiger partial charge in [0.05, 0.1) is 27.9 Å². The summed E-state index contributed by atoms with van der Waals surface area (Å²) in [6, 6.07) is 8.81. The number of rotatable bonds is 2. The van der Waals surface area contributed by atoms with Crippen molar-refractivity contribution in [1.29, 1.82) is 0 Å². The first-order valence-corrected chi connectivity index (χ1v) is 8.23. The van der Waals surface area contributed by atoms with Crippen molar-refractivity contribution in [3.8, 4) is 0 Å². The second-order valence-corrected chi connectivity index (χ2v) is 6.27. The molecule has 2 nitrogen and oxygen atoms in total. The number of benzene rings is 2. The number of halogens is 5. The summed E-state index contributed by atoms with van der Waals surface area (Å²) in [6.07, 6.45) is -0.817. The molecule has 0 fully saturated rings. The van der Waals surface area contributed by atoms with Crippen LogP contribution in [0.3, 0.4) is 0 Å². The minimum Gasteiger partial charge on any atom is -0.383 e. The Morgan fingerprint density at radius 1 is 1.00 bits per heavy atom. The summed E-state index contributed by atoms with van der Waals surface area (Å²) in [4.78, 5) is 4.44. The lowest BCUT2D eigenvalue weighted by molar-refractivity contribution is -0.137. The van der Waals surface area contributed by atoms with Crippen LogP contribution >= 0.6 is 23.2 Å². The maximum atomic E-state index is 12.9. The number of fused-ring (bicyclic) bond motifs is 1. The average Bonchev–Trinajstić information content (AvgIpc) is 2.76. The smallest absolute Gasteiger partial charge is 0.383 e. The van der Waals surface area contributed by atoms with Gasteiger partial charge in [-0.3, -0.25) is 4.99 Å². The van der Waals surface area contributed by atoms with Gasteiger partial charge in [-0.25, -0.2) is 0 Å². The molecule has 7 heteroatoms. The molecule has 0 radical (unpaired) electrons. The van der Waals surface area contributed by atoms with Gasteiger partial charge in [-0.2, -0.15) is 13.2 Å². The van der Waals surface area contributed by atoms with Crippen molar-refractivity contribution in [2.24, 2.45) is 4.99 Å². The highest BCUT2D eigenvalue weighted by atomic mass is 35.5. The fraction of sp³-hybridized carbons (Fsp3) is 0.167. The number of hydrogen-bond donors (Lipinski definition) is 1. The Morgan fingerprint density at radius 3 is 2.52 bits per heavy atom. The van der Waals surface area contributed by atoms with E-state index < -0.39 is 11.7 Å². The lowest BCUT2D eigenvalue weighted by Gasteiger charge is -2.12. The van der Waals surface area contributed by atoms with Crippen molar-refractivity contribution < 1.29 is 13.2 Å². The first-order valence-electron chi connectivity index (χ1n) is 7.48. The van der Waals surface area contributed by atoms with E-state index in [4.69, 9.17) is 23.2 Å². The van der Waals surface area contributed by atoms with Gasteiger partial charge in [0.15, 0.2) is 0 Å². The number of alkyl halides is 3. The van der Waals surface area contributed by atoms with Crippen molar-refractivity contribution in [2.45, 2.75) is 6.18 Å². The van der Waals surface area contributed by atoms with Crippen LogP contribution in [-0.4, -0.2) is 18.8 Å². The number of aliphatic imine (C=N–C) groups is 1. The molecule has 0 aliphatic carbocycles. The Balaban J connectivity index is 1.94. The molecule has 0 saturated heterocycles. The SMILES string of the molecule is FC(F)(F)c1ccc2c(c1)NCCN=C2/C=C/c1ccc(Cl)c(Cl)c1. The van der Waals surface area contributed by atoms with Crippen LogP contribution in [-0.2, 0) is 6.18 Å². The lowest BCUT2D eigenvalue weighted by Crippen LogP contribution is -2.09. The predicted molar refractivity (Wildman–Crippen MR) is 96.8 cm³/mol. The van der Waals surface area contributed by atoms with E-state index in [9.17, 15) is 13.2 Å². The molecule has 130 valence electrons. The summed E-state index contributed by atoms with van der Waals surface area (Å²) in [5.74, 6) is 0. The zero-order valence-electron chi connectivity index (χ0n) is 12.9. The van der Waals surface area contributed by atoms with Crippen LogP contribution in [0, 0.1) is 0 Å². The molecule has 0 aromatic heterocycles. The van der Waals surface area contributed by atoms with Crippen molar-refractivity contribution in [2.75, 3.05) is 18.4 Å². The maximum Gasteiger partial charge on any atom is 0.416 e. The van der Waals surface area contributed by atoms with Crippen LogP contribution in [0.4, 0.5) is 18.9 Å². The van der Waals surface area contributed by atoms with Crippen LogP contribution in [0.2, 0.25) is 10.0 Å². The van der Waals surface area contributed by atoms with Crippen molar-refractivity contribution in [1.82, 2.24) is 0 Å². The first kappa shape index (κ1) is 17.8. The number of hydrogen-bond acceptors (Lipinski definition) is 2. The molecule has 0 unspecified atom stereocenters. The van der Waals surface area contributed by atoms with Crippen molar-refractivity contribution in [3.05, 3.63) is 69.2 Å². The summed E-state index contributed by atoms with van der Waals surface area (Å²) in [6.45, 7) is 0.940. The molecule has 0 amide bonds. The molecule has 25 heavy (non-hydrogen) atoms. The van der Waals surface area contributed by atoms with Crippen LogP contribution < -0.4 is 5.32 Å². The van der Waals surface area contributed by atoms with Crippen LogP contribution in [0.5, 0.6) is 0 Å². The van der Waals surface area contributed by atoms with Crippen LogP contribution in [0.15, 0.2) is 47.5 Å². The van der Waals surface area contributed by atoms with E-state index in [0.29, 0.717) is 40.1 Å². The standard InChI is InChI=1S/C18H13Cl2F3N2/c19-14-5-1-11(9-15(14)20)2-6-16-13-4-3-12(18(21,22)23)10-17(13)25-8-7-24-16/h1-6,9-10,25H,7-8H2/b6-2+. The van der Waals surface area contributed by atoms with E-state index in [1.54, 1.807) is 30.4 Å². The normalized spacial score (nSPS) is 14.7. The molecule has 3 rings (SSSR count). The highest BCUT2D eigenvalue weighted by Gasteiger charge is 2.31. The number of allylic oxidation sites excluding steroid dienone is 1. The lowest BCUT2D eigenvalue weighted by atomic mass is 10.0. The Hall–Kier alpha value is -1.98. The number of benzodiazepines with no additional fused rings is 1. The summed E-state index contributed by atoms with van der Waals surface area (Å²) in [5, 5.41) is 3.89. The fourth-order valence-electron chi connectivity index (χ4n) is 2.48. The molecule has 1 heterocycles. The molecule has 0 bridgehead atoms. The minimum atomic E-state index is -4.38. The summed E-state index contributed by atoms with van der Waals surface area (Å²) >= 11 is 11.9. The zero-order chi connectivity index (χ0) is 18.0. The predicted octanol–water partition coefficient (Wildman–Crippen LogP) is 5.94. The quantitative estimate of drug-likeness (QED) is 0.680. The van der Waals surface area contributed by atoms with E-state index in [-0.39, 0.29) is 0 Å². The largest absolute Gasteiger partial charge is 0.416 e. The molecule has 0 atom stereocenters. The molecule has 1 N–H and O–H groups in total. The van der Waals surface area contributed by atoms with Gasteiger partial charge < -0.3 is 5.32 Å². The number of nitrogens with one attached hydrogen (secondary N) is 1. The maximum absolute atomic E-state index is 12.9. The van der Waals surface area contributed by atoms with Crippen molar-refractivity contribution >= 4 is 40.7 Å². The van der Waals surface area contributed by atoms with Gasteiger partial charge in [0.25, 0.3) is 0 Å². The average molecular weight is 385 g/mol. The van der Waals surface area contributed by atoms with Gasteiger partial charge in [0.2, 0.25) is 0 Å². The molecule has 0 spiro atoms. The molecule has 1 aliphatic heterocycles. The first-order chi connectivity index (χ1) is 11.8. The van der Waals surface area contributed by atoms with E-state index in [1.165, 1.54) is 6.07 Å². The molecular formula is C18H13Cl2F3N2. The van der Waals surface area contributed by atoms with Gasteiger partial charge in [-0.15, -0.1) is 0 Å². The summed E-state index contributed by atoms with van der Waals surface area (Å²) in [7, 11) is 0. The van der Waals surface area contributed by atoms with E-state index in [0.717, 1.165) is 17.7 Å². The van der Waals surface area contributed by atoms with E-state index >= 15 is 0 Å². The third kappa shape index (κ3) is 4.17. The number of anilines is 1. The van der Waals surface area contributed by atoms with Gasteiger partial charge in [-0.1, -0.05) is 41.4 Å². The third-order valence-electron chi connectivity index (χ3n) is 3.71. The summed E-state index contributed by atoms with van der Waals surface area (Å²) < 4.78 is 38.7. The molecular weight excluding hydrogens is 372 g/mol. The fourth-order valence-corrected chi connectivity index (χ4v) is 2.78. The Bertz CT molecular complexity index is 858. The minimum absolute atomic E-state index is 0.421. The highest BCUT2D eigenvalue weighted by Crippen LogP contribution is 2.33. The monoisotopic (exact) mass is 384 g/mol. The zero-order valence-corrected chi connectivity index (χ0v) is 14.4. The Morgan fingerprint density at radius 2 is 1.80 bits per heavy atom. The topological polar surface area (TPSA) is 24.4 Å². The molecule has 2 aromatic carbocycles. The van der Waals surface area contributed by atoms with Gasteiger partial charge in [0.1, 0.15) is 0 Å². The van der Waals surface area contributed by atoms with Crippen LogP contribution in [0.1, 0.15) is 16.7 Å². The molecule has 0 saturated carbocycles. The second kappa shape index (κ2) is 7.10. The molecule has 1 aliphatic rings. The third-order valence-corrected chi connectivity index (χ3v) is 4.45. The van der Waals surface area contributed by atoms with E-state index in [2.05, 4.69) is 10.3 Å². The number of nitrogens with zero attached hydrogens (tertiary/aromatic N) is 1. The molecule has 2 aromatic rings. The van der Waals surface area contributed by atoms with Gasteiger partial charge in [0, 0.05) is 17.8 Å². The highest BCUT2D eigenvalue weighted by molar-refractivity contribution is 6.42. The summed E-state index contributed by atoms with van der Waals surface area (Å²) in [5.41, 5.74) is 1.79. The Kier molecular flexibility index (Phi) is 5.06. The van der Waals surface area contributed by atoms with Crippen LogP contribution in [0.25, 0.3) is 6.08 Å². The van der Waals surface area contributed by atoms with Gasteiger partial charge >= 0.3 is 6.18 Å². The van der Waals surface area contributed by atoms with Crippen molar-refractivity contribution in [3.63, 3.8) is 0 Å². The second-order valence-electron chi connectivity index (χ2n) is 5.46. The Labute approximate surface area is 153 Å².